The van der Waals surface area contributed by atoms with Gasteiger partial charge in [-0.3, -0.25) is 14.6 Å². The molecule has 0 aliphatic heterocycles. The van der Waals surface area contributed by atoms with Crippen LogP contribution in [0.3, 0.4) is 0 Å². The lowest BCUT2D eigenvalue weighted by atomic mass is 9.93. The van der Waals surface area contributed by atoms with Crippen LogP contribution >= 0.6 is 0 Å². The van der Waals surface area contributed by atoms with Crippen LogP contribution in [0.2, 0.25) is 0 Å². The molecular formula is C28H30N6O5. The van der Waals surface area contributed by atoms with Gasteiger partial charge < -0.3 is 24.6 Å². The summed E-state index contributed by atoms with van der Waals surface area (Å²) < 4.78 is 15.7. The summed E-state index contributed by atoms with van der Waals surface area (Å²) in [6.07, 6.45) is 1.94. The Kier molecular flexibility index (Phi) is 8.18. The van der Waals surface area contributed by atoms with Crippen LogP contribution in [0, 0.1) is 0 Å². The monoisotopic (exact) mass is 530 g/mol. The third-order valence-electron chi connectivity index (χ3n) is 5.69. The minimum Gasteiger partial charge on any atom is -0.481 e. The molecule has 3 heterocycles. The van der Waals surface area contributed by atoms with Crippen LogP contribution in [-0.4, -0.2) is 46.1 Å². The molecule has 4 aromatic rings. The molecule has 0 fully saturated rings. The van der Waals surface area contributed by atoms with Crippen molar-refractivity contribution in [1.29, 1.82) is 0 Å². The van der Waals surface area contributed by atoms with Crippen molar-refractivity contribution < 1.29 is 23.6 Å². The molecular weight excluding hydrogens is 500 g/mol. The molecule has 0 atom stereocenters. The first-order valence-corrected chi connectivity index (χ1v) is 12.2. The Morgan fingerprint density at radius 2 is 1.64 bits per heavy atom. The summed E-state index contributed by atoms with van der Waals surface area (Å²) in [6.45, 7) is 6.00. The van der Waals surface area contributed by atoms with E-state index in [1.165, 1.54) is 14.2 Å². The maximum absolute atomic E-state index is 13.1. The number of aromatic nitrogens is 4. The quantitative estimate of drug-likeness (QED) is 0.326. The van der Waals surface area contributed by atoms with Gasteiger partial charge in [-0.25, -0.2) is 0 Å². The number of amides is 2. The van der Waals surface area contributed by atoms with Gasteiger partial charge in [0.05, 0.1) is 26.7 Å². The zero-order valence-corrected chi connectivity index (χ0v) is 22.4. The lowest BCUT2D eigenvalue weighted by molar-refractivity contribution is -0.115. The molecule has 2 N–H and O–H groups in total. The first kappa shape index (κ1) is 27.2. The molecule has 4 rings (SSSR count). The van der Waals surface area contributed by atoms with Gasteiger partial charge >= 0.3 is 0 Å². The molecule has 2 amide bonds. The molecule has 202 valence electrons. The molecule has 3 aromatic heterocycles. The third kappa shape index (κ3) is 7.16. The SMILES string of the molecule is COc1cc(OC)nc(Cc2cccnc2C(=O)Nc2ccc(CC(=O)Nc3cc(C(C)(C)C)on3)cc2)n1. The van der Waals surface area contributed by atoms with E-state index in [0.29, 0.717) is 40.4 Å². The average molecular weight is 531 g/mol. The zero-order chi connectivity index (χ0) is 28.0. The van der Waals surface area contributed by atoms with E-state index < -0.39 is 0 Å². The number of anilines is 2. The minimum atomic E-state index is -0.383. The number of hydrogen-bond acceptors (Lipinski definition) is 9. The number of carbonyl (C=O) groups excluding carboxylic acids is 2. The lowest BCUT2D eigenvalue weighted by Gasteiger charge is -2.12. The van der Waals surface area contributed by atoms with Gasteiger partial charge in [-0.2, -0.15) is 9.97 Å². The van der Waals surface area contributed by atoms with Gasteiger partial charge in [-0.1, -0.05) is 44.1 Å². The summed E-state index contributed by atoms with van der Waals surface area (Å²) in [4.78, 5) is 38.5. The number of nitrogens with one attached hydrogen (secondary N) is 2. The van der Waals surface area contributed by atoms with Gasteiger partial charge in [0.25, 0.3) is 5.91 Å². The van der Waals surface area contributed by atoms with Crippen molar-refractivity contribution in [2.45, 2.75) is 39.0 Å². The molecule has 0 bridgehead atoms. The fourth-order valence-electron chi connectivity index (χ4n) is 3.65. The van der Waals surface area contributed by atoms with E-state index >= 15 is 0 Å². The second-order valence-electron chi connectivity index (χ2n) is 9.76. The van der Waals surface area contributed by atoms with E-state index in [9.17, 15) is 9.59 Å². The second-order valence-corrected chi connectivity index (χ2v) is 9.76. The lowest BCUT2D eigenvalue weighted by Crippen LogP contribution is -2.17. The highest BCUT2D eigenvalue weighted by Crippen LogP contribution is 2.24. The van der Waals surface area contributed by atoms with E-state index in [4.69, 9.17) is 14.0 Å². The van der Waals surface area contributed by atoms with Crippen molar-refractivity contribution in [2.24, 2.45) is 0 Å². The zero-order valence-electron chi connectivity index (χ0n) is 22.4. The number of pyridine rings is 1. The van der Waals surface area contributed by atoms with Crippen LogP contribution in [0.15, 0.2) is 59.3 Å². The van der Waals surface area contributed by atoms with Crippen LogP contribution in [0.4, 0.5) is 11.5 Å². The highest BCUT2D eigenvalue weighted by atomic mass is 16.5. The van der Waals surface area contributed by atoms with Crippen LogP contribution in [0.1, 0.15) is 54.0 Å². The van der Waals surface area contributed by atoms with E-state index in [-0.39, 0.29) is 35.8 Å². The average Bonchev–Trinajstić information content (AvgIpc) is 3.39. The summed E-state index contributed by atoms with van der Waals surface area (Å²) >= 11 is 0. The van der Waals surface area contributed by atoms with Crippen LogP contribution in [0.25, 0.3) is 0 Å². The Hall–Kier alpha value is -4.80. The van der Waals surface area contributed by atoms with E-state index in [2.05, 4.69) is 30.7 Å². The topological polar surface area (TPSA) is 141 Å². The largest absolute Gasteiger partial charge is 0.481 e. The summed E-state index contributed by atoms with van der Waals surface area (Å²) in [7, 11) is 3.01. The van der Waals surface area contributed by atoms with Crippen LogP contribution in [-0.2, 0) is 23.1 Å². The van der Waals surface area contributed by atoms with E-state index in [1.54, 1.807) is 54.7 Å². The smallest absolute Gasteiger partial charge is 0.274 e. The Morgan fingerprint density at radius 3 is 2.26 bits per heavy atom. The highest BCUT2D eigenvalue weighted by Gasteiger charge is 2.20. The number of ether oxygens (including phenoxy) is 2. The molecule has 1 aromatic carbocycles. The summed E-state index contributed by atoms with van der Waals surface area (Å²) in [5.41, 5.74) is 2.01. The Bertz CT molecular complexity index is 1440. The fourth-order valence-corrected chi connectivity index (χ4v) is 3.65. The van der Waals surface area contributed by atoms with Crippen molar-refractivity contribution >= 4 is 23.3 Å². The number of hydrogen-bond donors (Lipinski definition) is 2. The Balaban J connectivity index is 1.39. The normalized spacial score (nSPS) is 11.1. The molecule has 0 aliphatic carbocycles. The van der Waals surface area contributed by atoms with Gasteiger partial charge in [-0.05, 0) is 29.3 Å². The van der Waals surface area contributed by atoms with Crippen LogP contribution in [0.5, 0.6) is 11.8 Å². The summed E-state index contributed by atoms with van der Waals surface area (Å²) in [5, 5.41) is 9.51. The number of benzene rings is 1. The molecule has 0 spiro atoms. The van der Waals surface area contributed by atoms with Gasteiger partial charge in [0.15, 0.2) is 5.82 Å². The fraction of sp³-hybridized carbons (Fsp3) is 0.286. The maximum Gasteiger partial charge on any atom is 0.274 e. The summed E-state index contributed by atoms with van der Waals surface area (Å²) in [6, 6.07) is 13.8. The van der Waals surface area contributed by atoms with Gasteiger partial charge in [0.2, 0.25) is 17.7 Å². The first-order chi connectivity index (χ1) is 18.6. The molecule has 39 heavy (non-hydrogen) atoms. The molecule has 0 unspecified atom stereocenters. The molecule has 11 heteroatoms. The van der Waals surface area contributed by atoms with E-state index in [1.807, 2.05) is 20.8 Å². The number of nitrogens with zero attached hydrogens (tertiary/aromatic N) is 4. The number of carbonyl (C=O) groups is 2. The highest BCUT2D eigenvalue weighted by molar-refractivity contribution is 6.04. The summed E-state index contributed by atoms with van der Waals surface area (Å²) in [5.74, 6) is 1.59. The Morgan fingerprint density at radius 1 is 0.949 bits per heavy atom. The number of rotatable bonds is 9. The Labute approximate surface area is 226 Å². The second kappa shape index (κ2) is 11.7. The van der Waals surface area contributed by atoms with Crippen molar-refractivity contribution in [2.75, 3.05) is 24.9 Å². The molecule has 0 radical (unpaired) electrons. The molecule has 0 saturated heterocycles. The predicted octanol–water partition coefficient (Wildman–Crippen LogP) is 4.20. The van der Waals surface area contributed by atoms with Gasteiger partial charge in [0, 0.05) is 29.8 Å². The van der Waals surface area contributed by atoms with Crippen molar-refractivity contribution in [3.63, 3.8) is 0 Å². The van der Waals surface area contributed by atoms with Crippen LogP contribution < -0.4 is 20.1 Å². The van der Waals surface area contributed by atoms with Crippen molar-refractivity contribution in [1.82, 2.24) is 20.1 Å². The first-order valence-electron chi connectivity index (χ1n) is 12.2. The predicted molar refractivity (Wildman–Crippen MR) is 144 cm³/mol. The minimum absolute atomic E-state index is 0.139. The van der Waals surface area contributed by atoms with Gasteiger partial charge in [0.1, 0.15) is 17.3 Å². The molecule has 0 saturated carbocycles. The maximum atomic E-state index is 13.1. The standard InChI is InChI=1S/C28H30N6O5/c1-28(2,3)20-15-22(34-39-20)31-23(35)13-17-8-10-19(11-9-17)30-27(36)26-18(7-6-12-29-26)14-21-32-24(37-4)16-25(33-21)38-5/h6-12,15-16H,13-14H2,1-5H3,(H,30,36)(H,31,34,35). The molecule has 0 aliphatic rings. The number of methoxy groups -OCH3 is 2. The van der Waals surface area contributed by atoms with Crippen molar-refractivity contribution in [3.8, 4) is 11.8 Å². The van der Waals surface area contributed by atoms with E-state index in [0.717, 1.165) is 5.56 Å². The third-order valence-corrected chi connectivity index (χ3v) is 5.69. The van der Waals surface area contributed by atoms with Crippen molar-refractivity contribution in [3.05, 3.63) is 83.1 Å². The molecule has 11 nitrogen and oxygen atoms in total. The van der Waals surface area contributed by atoms with Gasteiger partial charge in [-0.15, -0.1) is 0 Å².